The maximum atomic E-state index is 11.3. The highest BCUT2D eigenvalue weighted by Gasteiger charge is 2.22. The first kappa shape index (κ1) is 19.0. The molecule has 0 bridgehead atoms. The van der Waals surface area contributed by atoms with E-state index >= 15 is 0 Å². The van der Waals surface area contributed by atoms with E-state index < -0.39 is 12.1 Å². The molecule has 1 atom stereocenters. The predicted octanol–water partition coefficient (Wildman–Crippen LogP) is 4.25. The fourth-order valence-electron chi connectivity index (χ4n) is 2.92. The first-order valence-electron chi connectivity index (χ1n) is 8.44. The van der Waals surface area contributed by atoms with Gasteiger partial charge >= 0.3 is 6.09 Å². The summed E-state index contributed by atoms with van der Waals surface area (Å²) in [7, 11) is 1.63. The van der Waals surface area contributed by atoms with Crippen LogP contribution in [0.15, 0.2) is 65.4 Å². The number of nitrogens with one attached hydrogen (secondary N) is 1. The molecule has 0 aliphatic heterocycles. The third-order valence-electron chi connectivity index (χ3n) is 4.23. The van der Waals surface area contributed by atoms with Crippen molar-refractivity contribution in [1.82, 2.24) is 14.9 Å². The van der Waals surface area contributed by atoms with Gasteiger partial charge in [-0.3, -0.25) is 0 Å². The van der Waals surface area contributed by atoms with Gasteiger partial charge in [0.15, 0.2) is 0 Å². The molecule has 0 fully saturated rings. The number of hydrogen-bond donors (Lipinski definition) is 2. The predicted molar refractivity (Wildman–Crippen MR) is 106 cm³/mol. The molecular formula is C20H20BrN3O3. The molecule has 3 aromatic rings. The van der Waals surface area contributed by atoms with E-state index in [1.165, 1.54) is 0 Å². The van der Waals surface area contributed by atoms with Crippen molar-refractivity contribution >= 4 is 22.0 Å². The molecule has 2 N–H and O–H groups in total. The number of imidazole rings is 1. The van der Waals surface area contributed by atoms with Crippen LogP contribution in [0.1, 0.15) is 23.0 Å². The third-order valence-corrected chi connectivity index (χ3v) is 4.86. The highest BCUT2D eigenvalue weighted by molar-refractivity contribution is 9.10. The fraction of sp³-hybridized carbons (Fsp3) is 0.200. The van der Waals surface area contributed by atoms with Crippen molar-refractivity contribution in [3.63, 3.8) is 0 Å². The van der Waals surface area contributed by atoms with Crippen LogP contribution in [0.4, 0.5) is 4.79 Å². The topological polar surface area (TPSA) is 76.4 Å². The monoisotopic (exact) mass is 429 g/mol. The number of methoxy groups -OCH3 is 1. The van der Waals surface area contributed by atoms with Gasteiger partial charge in [0.1, 0.15) is 16.2 Å². The van der Waals surface area contributed by atoms with Crippen LogP contribution in [-0.2, 0) is 13.0 Å². The van der Waals surface area contributed by atoms with Gasteiger partial charge in [-0.05, 0) is 39.2 Å². The molecule has 7 heteroatoms. The van der Waals surface area contributed by atoms with Crippen LogP contribution in [0, 0.1) is 0 Å². The Kier molecular flexibility index (Phi) is 6.13. The number of halogens is 1. The highest BCUT2D eigenvalue weighted by atomic mass is 79.9. The molecule has 0 saturated heterocycles. The van der Waals surface area contributed by atoms with Gasteiger partial charge in [-0.15, -0.1) is 0 Å². The zero-order valence-electron chi connectivity index (χ0n) is 14.8. The van der Waals surface area contributed by atoms with Crippen LogP contribution in [0.3, 0.4) is 0 Å². The number of benzene rings is 2. The first-order valence-corrected chi connectivity index (χ1v) is 9.23. The van der Waals surface area contributed by atoms with Gasteiger partial charge in [0.05, 0.1) is 19.3 Å². The molecule has 0 radical (unpaired) electrons. The van der Waals surface area contributed by atoms with E-state index in [0.717, 1.165) is 21.5 Å². The fourth-order valence-corrected chi connectivity index (χ4v) is 3.33. The van der Waals surface area contributed by atoms with Crippen molar-refractivity contribution in [1.29, 1.82) is 0 Å². The Balaban J connectivity index is 1.89. The number of hydrogen-bond acceptors (Lipinski definition) is 3. The van der Waals surface area contributed by atoms with Crippen molar-refractivity contribution in [3.05, 3.63) is 82.3 Å². The standard InChI is InChI=1S/C20H20BrN3O3/c1-27-16-9-7-15(8-10-16)13-24-18(21)12-22-19(24)17(23-20(25)26)11-14-5-3-2-4-6-14/h2-10,12,17,23H,11,13H2,1H3,(H,25,26). The number of ether oxygens (including phenoxy) is 1. The second-order valence-electron chi connectivity index (χ2n) is 6.07. The van der Waals surface area contributed by atoms with E-state index in [1.807, 2.05) is 59.2 Å². The van der Waals surface area contributed by atoms with E-state index in [0.29, 0.717) is 18.8 Å². The molecule has 27 heavy (non-hydrogen) atoms. The van der Waals surface area contributed by atoms with Crippen molar-refractivity contribution in [2.45, 2.75) is 19.0 Å². The zero-order chi connectivity index (χ0) is 19.2. The molecular weight excluding hydrogens is 410 g/mol. The zero-order valence-corrected chi connectivity index (χ0v) is 16.4. The molecule has 0 aliphatic carbocycles. The lowest BCUT2D eigenvalue weighted by Crippen LogP contribution is -2.31. The van der Waals surface area contributed by atoms with Crippen molar-refractivity contribution < 1.29 is 14.6 Å². The SMILES string of the molecule is COc1ccc(Cn2c(Br)cnc2C(Cc2ccccc2)NC(=O)O)cc1. The number of carbonyl (C=O) groups is 1. The lowest BCUT2D eigenvalue weighted by atomic mass is 10.1. The van der Waals surface area contributed by atoms with Gasteiger partial charge in [0.25, 0.3) is 0 Å². The minimum atomic E-state index is -1.08. The number of carboxylic acid groups (broad SMARTS) is 1. The molecule has 0 aliphatic rings. The van der Waals surface area contributed by atoms with Crippen LogP contribution >= 0.6 is 15.9 Å². The van der Waals surface area contributed by atoms with Gasteiger partial charge in [-0.25, -0.2) is 9.78 Å². The van der Waals surface area contributed by atoms with Gasteiger partial charge in [-0.1, -0.05) is 42.5 Å². The molecule has 2 aromatic carbocycles. The number of nitrogens with zero attached hydrogens (tertiary/aromatic N) is 2. The normalized spacial score (nSPS) is 11.8. The Bertz CT molecular complexity index is 895. The highest BCUT2D eigenvalue weighted by Crippen LogP contribution is 2.24. The summed E-state index contributed by atoms with van der Waals surface area (Å²) in [5.41, 5.74) is 2.09. The lowest BCUT2D eigenvalue weighted by Gasteiger charge is -2.19. The van der Waals surface area contributed by atoms with Gasteiger partial charge in [0.2, 0.25) is 0 Å². The van der Waals surface area contributed by atoms with Crippen LogP contribution in [0.25, 0.3) is 0 Å². The molecule has 6 nitrogen and oxygen atoms in total. The van der Waals surface area contributed by atoms with E-state index in [2.05, 4.69) is 26.2 Å². The summed E-state index contributed by atoms with van der Waals surface area (Å²) >= 11 is 3.52. The summed E-state index contributed by atoms with van der Waals surface area (Å²) in [6, 6.07) is 17.1. The molecule has 1 unspecified atom stereocenters. The Morgan fingerprint density at radius 3 is 2.52 bits per heavy atom. The van der Waals surface area contributed by atoms with Gasteiger partial charge in [-0.2, -0.15) is 0 Å². The maximum Gasteiger partial charge on any atom is 0.405 e. The first-order chi connectivity index (χ1) is 13.1. The van der Waals surface area contributed by atoms with E-state index in [9.17, 15) is 9.90 Å². The summed E-state index contributed by atoms with van der Waals surface area (Å²) in [4.78, 5) is 15.8. The summed E-state index contributed by atoms with van der Waals surface area (Å²) in [5, 5.41) is 11.9. The molecule has 140 valence electrons. The van der Waals surface area contributed by atoms with Crippen LogP contribution in [0.5, 0.6) is 5.75 Å². The summed E-state index contributed by atoms with van der Waals surface area (Å²) in [6.07, 6.45) is 1.13. The average Bonchev–Trinajstić information content (AvgIpc) is 3.03. The number of aromatic nitrogens is 2. The molecule has 0 saturated carbocycles. The van der Waals surface area contributed by atoms with Crippen LogP contribution < -0.4 is 10.1 Å². The van der Waals surface area contributed by atoms with Crippen molar-refractivity contribution in [2.24, 2.45) is 0 Å². The van der Waals surface area contributed by atoms with Crippen molar-refractivity contribution in [3.8, 4) is 5.75 Å². The van der Waals surface area contributed by atoms with E-state index in [4.69, 9.17) is 4.74 Å². The maximum absolute atomic E-state index is 11.3. The Morgan fingerprint density at radius 2 is 1.89 bits per heavy atom. The Morgan fingerprint density at radius 1 is 1.19 bits per heavy atom. The largest absolute Gasteiger partial charge is 0.497 e. The molecule has 1 amide bonds. The molecule has 0 spiro atoms. The summed E-state index contributed by atoms with van der Waals surface area (Å²) < 4.78 is 7.95. The van der Waals surface area contributed by atoms with Crippen LogP contribution in [-0.4, -0.2) is 27.9 Å². The molecule has 3 rings (SSSR count). The molecule has 1 heterocycles. The second-order valence-corrected chi connectivity index (χ2v) is 6.88. The minimum absolute atomic E-state index is 0.463. The van der Waals surface area contributed by atoms with Crippen LogP contribution in [0.2, 0.25) is 0 Å². The smallest absolute Gasteiger partial charge is 0.405 e. The lowest BCUT2D eigenvalue weighted by molar-refractivity contribution is 0.189. The second kappa shape index (κ2) is 8.73. The van der Waals surface area contributed by atoms with Crippen molar-refractivity contribution in [2.75, 3.05) is 7.11 Å². The van der Waals surface area contributed by atoms with Gasteiger partial charge in [0, 0.05) is 13.0 Å². The number of amides is 1. The summed E-state index contributed by atoms with van der Waals surface area (Å²) in [5.74, 6) is 1.45. The van der Waals surface area contributed by atoms with Gasteiger partial charge < -0.3 is 19.7 Å². The summed E-state index contributed by atoms with van der Waals surface area (Å²) in [6.45, 7) is 0.562. The minimum Gasteiger partial charge on any atom is -0.497 e. The Labute approximate surface area is 165 Å². The third kappa shape index (κ3) is 4.89. The van der Waals surface area contributed by atoms with E-state index in [-0.39, 0.29) is 0 Å². The quantitative estimate of drug-likeness (QED) is 0.588. The molecule has 1 aromatic heterocycles. The van der Waals surface area contributed by atoms with E-state index in [1.54, 1.807) is 13.3 Å². The number of rotatable bonds is 7. The average molecular weight is 430 g/mol. The Hall–Kier alpha value is -2.80.